The first-order valence-electron chi connectivity index (χ1n) is 3.10. The standard InChI is InChI=1S/C7H11ClO3/c1-10-6(5-8)3-4-7(9)11-2/h3H,4-5H2,1-2H3/b6-3-. The van der Waals surface area contributed by atoms with Crippen LogP contribution in [0.5, 0.6) is 0 Å². The Balaban J connectivity index is 3.78. The fourth-order valence-electron chi connectivity index (χ4n) is 0.473. The van der Waals surface area contributed by atoms with Gasteiger partial charge in [0.25, 0.3) is 0 Å². The Morgan fingerprint density at radius 3 is 2.45 bits per heavy atom. The van der Waals surface area contributed by atoms with E-state index in [-0.39, 0.29) is 18.3 Å². The van der Waals surface area contributed by atoms with Crippen molar-refractivity contribution in [3.05, 3.63) is 11.8 Å². The van der Waals surface area contributed by atoms with Crippen LogP contribution in [0.4, 0.5) is 0 Å². The van der Waals surface area contributed by atoms with Crippen molar-refractivity contribution < 1.29 is 14.3 Å². The van der Waals surface area contributed by atoms with Crippen LogP contribution in [-0.4, -0.2) is 26.1 Å². The zero-order chi connectivity index (χ0) is 8.69. The van der Waals surface area contributed by atoms with Gasteiger partial charge >= 0.3 is 5.97 Å². The van der Waals surface area contributed by atoms with Crippen LogP contribution in [0, 0.1) is 0 Å². The van der Waals surface area contributed by atoms with Crippen LogP contribution in [0.15, 0.2) is 11.8 Å². The minimum absolute atomic E-state index is 0.201. The van der Waals surface area contributed by atoms with Gasteiger partial charge in [-0.2, -0.15) is 0 Å². The van der Waals surface area contributed by atoms with Crippen molar-refractivity contribution in [2.24, 2.45) is 0 Å². The summed E-state index contributed by atoms with van der Waals surface area (Å²) in [6.45, 7) is 0. The van der Waals surface area contributed by atoms with Crippen LogP contribution in [0.2, 0.25) is 0 Å². The van der Waals surface area contributed by atoms with Gasteiger partial charge in [0.15, 0.2) is 0 Å². The normalized spacial score (nSPS) is 11.0. The van der Waals surface area contributed by atoms with Gasteiger partial charge in [-0.25, -0.2) is 0 Å². The molecule has 0 radical (unpaired) electrons. The van der Waals surface area contributed by atoms with Gasteiger partial charge in [0.2, 0.25) is 0 Å². The van der Waals surface area contributed by atoms with Crippen molar-refractivity contribution in [3.63, 3.8) is 0 Å². The predicted octanol–water partition coefficient (Wildman–Crippen LogP) is 1.32. The Bertz CT molecular complexity index is 148. The third-order valence-electron chi connectivity index (χ3n) is 1.12. The molecule has 0 bridgehead atoms. The summed E-state index contributed by atoms with van der Waals surface area (Å²) in [6.07, 6.45) is 1.80. The van der Waals surface area contributed by atoms with Crippen LogP contribution in [-0.2, 0) is 14.3 Å². The Morgan fingerprint density at radius 1 is 1.45 bits per heavy atom. The molecule has 0 aliphatic heterocycles. The van der Waals surface area contributed by atoms with Gasteiger partial charge in [-0.1, -0.05) is 0 Å². The van der Waals surface area contributed by atoms with Gasteiger partial charge in [0, 0.05) is 0 Å². The molecule has 11 heavy (non-hydrogen) atoms. The Hall–Kier alpha value is -0.700. The number of methoxy groups -OCH3 is 2. The average Bonchev–Trinajstić information content (AvgIpc) is 2.06. The van der Waals surface area contributed by atoms with Crippen molar-refractivity contribution in [1.82, 2.24) is 0 Å². The highest BCUT2D eigenvalue weighted by molar-refractivity contribution is 6.19. The van der Waals surface area contributed by atoms with E-state index in [9.17, 15) is 4.79 Å². The first-order chi connectivity index (χ1) is 5.24. The maximum absolute atomic E-state index is 10.6. The van der Waals surface area contributed by atoms with Gasteiger partial charge in [-0.3, -0.25) is 4.79 Å². The van der Waals surface area contributed by atoms with Gasteiger partial charge in [-0.05, 0) is 6.08 Å². The van der Waals surface area contributed by atoms with Crippen molar-refractivity contribution in [2.75, 3.05) is 20.1 Å². The van der Waals surface area contributed by atoms with E-state index in [1.807, 2.05) is 0 Å². The second kappa shape index (κ2) is 6.04. The molecule has 0 N–H and O–H groups in total. The number of esters is 1. The first-order valence-corrected chi connectivity index (χ1v) is 3.63. The zero-order valence-electron chi connectivity index (χ0n) is 6.59. The molecule has 3 nitrogen and oxygen atoms in total. The molecule has 4 heteroatoms. The number of carbonyl (C=O) groups excluding carboxylic acids is 1. The number of hydrogen-bond acceptors (Lipinski definition) is 3. The van der Waals surface area contributed by atoms with E-state index < -0.39 is 0 Å². The number of hydrogen-bond donors (Lipinski definition) is 0. The quantitative estimate of drug-likeness (QED) is 0.370. The van der Waals surface area contributed by atoms with E-state index in [2.05, 4.69) is 4.74 Å². The van der Waals surface area contributed by atoms with E-state index in [0.29, 0.717) is 5.76 Å². The molecule has 0 fully saturated rings. The highest BCUT2D eigenvalue weighted by Gasteiger charge is 1.98. The Labute approximate surface area is 70.9 Å². The van der Waals surface area contributed by atoms with Crippen LogP contribution < -0.4 is 0 Å². The van der Waals surface area contributed by atoms with Crippen molar-refractivity contribution in [3.8, 4) is 0 Å². The molecule has 0 rings (SSSR count). The lowest BCUT2D eigenvalue weighted by atomic mass is 10.4. The Kier molecular flexibility index (Phi) is 5.65. The lowest BCUT2D eigenvalue weighted by molar-refractivity contribution is -0.139. The maximum atomic E-state index is 10.6. The van der Waals surface area contributed by atoms with Crippen molar-refractivity contribution in [2.45, 2.75) is 6.42 Å². The highest BCUT2D eigenvalue weighted by atomic mass is 35.5. The Morgan fingerprint density at radius 2 is 2.09 bits per heavy atom. The molecule has 0 aromatic carbocycles. The number of rotatable bonds is 4. The highest BCUT2D eigenvalue weighted by Crippen LogP contribution is 2.00. The molecule has 0 saturated carbocycles. The maximum Gasteiger partial charge on any atom is 0.309 e. The number of alkyl halides is 1. The smallest absolute Gasteiger partial charge is 0.309 e. The molecular weight excluding hydrogens is 168 g/mol. The lowest BCUT2D eigenvalue weighted by Gasteiger charge is -1.99. The SMILES string of the molecule is COC(=O)C/C=C(/CCl)OC. The predicted molar refractivity (Wildman–Crippen MR) is 42.4 cm³/mol. The first kappa shape index (κ1) is 10.3. The van der Waals surface area contributed by atoms with Crippen LogP contribution in [0.25, 0.3) is 0 Å². The molecule has 0 unspecified atom stereocenters. The summed E-state index contributed by atoms with van der Waals surface area (Å²) < 4.78 is 9.22. The lowest BCUT2D eigenvalue weighted by Crippen LogP contribution is -1.99. The molecule has 0 saturated heterocycles. The summed E-state index contributed by atoms with van der Waals surface area (Å²) in [5, 5.41) is 0. The van der Waals surface area contributed by atoms with E-state index in [1.165, 1.54) is 14.2 Å². The molecule has 64 valence electrons. The molecule has 0 heterocycles. The topological polar surface area (TPSA) is 35.5 Å². The number of carbonyl (C=O) groups is 1. The van der Waals surface area contributed by atoms with Gasteiger partial charge in [0.1, 0.15) is 5.76 Å². The third-order valence-corrected chi connectivity index (χ3v) is 1.38. The summed E-state index contributed by atoms with van der Waals surface area (Å²) in [6, 6.07) is 0. The second-order valence-corrected chi connectivity index (χ2v) is 2.06. The van der Waals surface area contributed by atoms with E-state index in [0.717, 1.165) is 0 Å². The molecule has 0 aromatic rings. The molecule has 0 atom stereocenters. The largest absolute Gasteiger partial charge is 0.500 e. The summed E-state index contributed by atoms with van der Waals surface area (Å²) in [5.41, 5.74) is 0. The fraction of sp³-hybridized carbons (Fsp3) is 0.571. The molecule has 0 amide bonds. The summed E-state index contributed by atoms with van der Waals surface area (Å²) >= 11 is 5.45. The van der Waals surface area contributed by atoms with Gasteiger partial charge < -0.3 is 9.47 Å². The molecular formula is C7H11ClO3. The molecule has 0 aliphatic rings. The van der Waals surface area contributed by atoms with Crippen LogP contribution in [0.1, 0.15) is 6.42 Å². The number of ether oxygens (including phenoxy) is 2. The number of allylic oxidation sites excluding steroid dienone is 1. The monoisotopic (exact) mass is 178 g/mol. The van der Waals surface area contributed by atoms with Crippen LogP contribution >= 0.6 is 11.6 Å². The molecule has 0 aromatic heterocycles. The average molecular weight is 179 g/mol. The van der Waals surface area contributed by atoms with E-state index in [4.69, 9.17) is 16.3 Å². The third kappa shape index (κ3) is 4.67. The van der Waals surface area contributed by atoms with E-state index >= 15 is 0 Å². The minimum Gasteiger partial charge on any atom is -0.500 e. The van der Waals surface area contributed by atoms with Crippen molar-refractivity contribution in [1.29, 1.82) is 0 Å². The van der Waals surface area contributed by atoms with E-state index in [1.54, 1.807) is 6.08 Å². The van der Waals surface area contributed by atoms with Gasteiger partial charge in [-0.15, -0.1) is 11.6 Å². The number of halogens is 1. The second-order valence-electron chi connectivity index (χ2n) is 1.79. The summed E-state index contributed by atoms with van der Waals surface area (Å²) in [5.74, 6) is 0.551. The van der Waals surface area contributed by atoms with Crippen LogP contribution in [0.3, 0.4) is 0 Å². The summed E-state index contributed by atoms with van der Waals surface area (Å²) in [7, 11) is 2.84. The summed E-state index contributed by atoms with van der Waals surface area (Å²) in [4.78, 5) is 10.6. The van der Waals surface area contributed by atoms with Crippen molar-refractivity contribution >= 4 is 17.6 Å². The fourth-order valence-corrected chi connectivity index (χ4v) is 0.691. The van der Waals surface area contributed by atoms with Gasteiger partial charge in [0.05, 0.1) is 26.5 Å². The molecule has 0 spiro atoms. The molecule has 0 aliphatic carbocycles. The minimum atomic E-state index is -0.301. The zero-order valence-corrected chi connectivity index (χ0v) is 7.35.